The zero-order valence-electron chi connectivity index (χ0n) is 14.8. The first-order valence-corrected chi connectivity index (χ1v) is 7.83. The number of hydrogen-bond donors (Lipinski definition) is 2. The van der Waals surface area contributed by atoms with Crippen LogP contribution in [0, 0.1) is 5.41 Å². The lowest BCUT2D eigenvalue weighted by molar-refractivity contribution is -0.140. The first-order chi connectivity index (χ1) is 9.50. The molecule has 0 fully saturated rings. The Balaban J connectivity index is 4.24. The van der Waals surface area contributed by atoms with Crippen LogP contribution in [0.1, 0.15) is 54.9 Å². The molecule has 0 radical (unpaired) electrons. The fraction of sp³-hybridized carbons (Fsp3) is 0.875. The molecule has 0 aromatic rings. The third-order valence-corrected chi connectivity index (χ3v) is 3.24. The number of nitrogens with zero attached hydrogens (tertiary/aromatic N) is 1. The van der Waals surface area contributed by atoms with Gasteiger partial charge in [-0.1, -0.05) is 34.6 Å². The Labute approximate surface area is 129 Å². The number of carbonyl (C=O) groups excluding carboxylic acids is 2. The highest BCUT2D eigenvalue weighted by Crippen LogP contribution is 2.26. The molecule has 0 saturated carbocycles. The lowest BCUT2D eigenvalue weighted by Crippen LogP contribution is -2.51. The van der Waals surface area contributed by atoms with Crippen molar-refractivity contribution in [2.75, 3.05) is 26.2 Å². The Bertz CT molecular complexity index is 342. The van der Waals surface area contributed by atoms with E-state index in [1.807, 2.05) is 13.8 Å². The van der Waals surface area contributed by atoms with E-state index >= 15 is 0 Å². The number of rotatable bonds is 7. The molecule has 0 atom stereocenters. The molecule has 124 valence electrons. The van der Waals surface area contributed by atoms with E-state index in [2.05, 4.69) is 50.2 Å². The molecule has 0 saturated heterocycles. The van der Waals surface area contributed by atoms with E-state index in [9.17, 15) is 9.59 Å². The molecule has 0 aliphatic carbocycles. The largest absolute Gasteiger partial charge is 0.347 e. The number of amides is 2. The highest BCUT2D eigenvalue weighted by Gasteiger charge is 2.29. The Morgan fingerprint density at radius 3 is 1.90 bits per heavy atom. The van der Waals surface area contributed by atoms with Crippen molar-refractivity contribution in [2.24, 2.45) is 5.41 Å². The summed E-state index contributed by atoms with van der Waals surface area (Å²) in [6.07, 6.45) is 0.804. The van der Waals surface area contributed by atoms with Crippen LogP contribution in [0.2, 0.25) is 0 Å². The van der Waals surface area contributed by atoms with E-state index in [-0.39, 0.29) is 5.41 Å². The summed E-state index contributed by atoms with van der Waals surface area (Å²) >= 11 is 0. The Hall–Kier alpha value is -1.10. The van der Waals surface area contributed by atoms with Crippen molar-refractivity contribution in [3.63, 3.8) is 0 Å². The molecule has 2 amide bonds. The van der Waals surface area contributed by atoms with Crippen molar-refractivity contribution >= 4 is 11.8 Å². The number of likely N-dealkylation sites (N-methyl/N-ethyl adjacent to an activating group) is 1. The topological polar surface area (TPSA) is 61.4 Å². The Morgan fingerprint density at radius 2 is 1.48 bits per heavy atom. The summed E-state index contributed by atoms with van der Waals surface area (Å²) in [6.45, 7) is 17.5. The molecule has 0 unspecified atom stereocenters. The highest BCUT2D eigenvalue weighted by molar-refractivity contribution is 6.35. The van der Waals surface area contributed by atoms with E-state index in [0.29, 0.717) is 6.54 Å². The van der Waals surface area contributed by atoms with Gasteiger partial charge in [0.2, 0.25) is 0 Å². The summed E-state index contributed by atoms with van der Waals surface area (Å²) in [6, 6.07) is 0. The van der Waals surface area contributed by atoms with Crippen LogP contribution in [-0.4, -0.2) is 48.4 Å². The summed E-state index contributed by atoms with van der Waals surface area (Å²) in [7, 11) is 0. The second-order valence-electron chi connectivity index (χ2n) is 7.36. The zero-order valence-corrected chi connectivity index (χ0v) is 14.8. The van der Waals surface area contributed by atoms with Crippen molar-refractivity contribution in [3.05, 3.63) is 0 Å². The van der Waals surface area contributed by atoms with Gasteiger partial charge in [0.25, 0.3) is 0 Å². The molecule has 5 heteroatoms. The van der Waals surface area contributed by atoms with Crippen molar-refractivity contribution in [3.8, 4) is 0 Å². The molecule has 0 aliphatic rings. The molecule has 5 nitrogen and oxygen atoms in total. The zero-order chi connectivity index (χ0) is 16.7. The molecule has 0 bridgehead atoms. The molecule has 0 aliphatic heterocycles. The lowest BCUT2D eigenvalue weighted by atomic mass is 9.82. The lowest BCUT2D eigenvalue weighted by Gasteiger charge is -2.33. The minimum absolute atomic E-state index is 0.0933. The van der Waals surface area contributed by atoms with Gasteiger partial charge in [0.1, 0.15) is 0 Å². The van der Waals surface area contributed by atoms with Crippen LogP contribution >= 0.6 is 0 Å². The number of nitrogens with one attached hydrogen (secondary N) is 2. The van der Waals surface area contributed by atoms with E-state index in [1.54, 1.807) is 0 Å². The fourth-order valence-corrected chi connectivity index (χ4v) is 2.68. The normalized spacial score (nSPS) is 12.4. The maximum atomic E-state index is 11.9. The summed E-state index contributed by atoms with van der Waals surface area (Å²) < 4.78 is 0. The Morgan fingerprint density at radius 1 is 0.952 bits per heavy atom. The van der Waals surface area contributed by atoms with Crippen LogP contribution in [0.3, 0.4) is 0 Å². The molecule has 0 spiro atoms. The average molecular weight is 299 g/mol. The van der Waals surface area contributed by atoms with Gasteiger partial charge in [0.15, 0.2) is 0 Å². The van der Waals surface area contributed by atoms with Crippen LogP contribution < -0.4 is 10.6 Å². The molecule has 2 N–H and O–H groups in total. The fourth-order valence-electron chi connectivity index (χ4n) is 2.68. The molecule has 0 heterocycles. The predicted molar refractivity (Wildman–Crippen MR) is 87.1 cm³/mol. The van der Waals surface area contributed by atoms with Crippen molar-refractivity contribution in [1.82, 2.24) is 15.5 Å². The molecular weight excluding hydrogens is 266 g/mol. The first-order valence-electron chi connectivity index (χ1n) is 7.83. The van der Waals surface area contributed by atoms with E-state index in [0.717, 1.165) is 26.1 Å². The van der Waals surface area contributed by atoms with E-state index in [4.69, 9.17) is 0 Å². The third kappa shape index (κ3) is 9.45. The molecule has 0 aromatic heterocycles. The Kier molecular flexibility index (Phi) is 7.93. The van der Waals surface area contributed by atoms with Crippen LogP contribution in [-0.2, 0) is 9.59 Å². The maximum Gasteiger partial charge on any atom is 0.309 e. The maximum absolute atomic E-state index is 11.9. The molecule has 0 rings (SSSR count). The first kappa shape index (κ1) is 19.9. The van der Waals surface area contributed by atoms with Gasteiger partial charge >= 0.3 is 11.8 Å². The van der Waals surface area contributed by atoms with Gasteiger partial charge in [-0.05, 0) is 38.8 Å². The summed E-state index contributed by atoms with van der Waals surface area (Å²) in [5.41, 5.74) is -0.304. The van der Waals surface area contributed by atoms with E-state index < -0.39 is 17.4 Å². The molecule has 0 aromatic carbocycles. The third-order valence-electron chi connectivity index (χ3n) is 3.24. The second-order valence-corrected chi connectivity index (χ2v) is 7.36. The minimum Gasteiger partial charge on any atom is -0.347 e. The van der Waals surface area contributed by atoms with Gasteiger partial charge in [-0.15, -0.1) is 0 Å². The summed E-state index contributed by atoms with van der Waals surface area (Å²) in [5, 5.41) is 5.49. The van der Waals surface area contributed by atoms with Crippen molar-refractivity contribution in [1.29, 1.82) is 0 Å². The smallest absolute Gasteiger partial charge is 0.309 e. The van der Waals surface area contributed by atoms with Crippen LogP contribution in [0.25, 0.3) is 0 Å². The number of carbonyl (C=O) groups is 2. The van der Waals surface area contributed by atoms with Gasteiger partial charge < -0.3 is 15.5 Å². The van der Waals surface area contributed by atoms with Crippen molar-refractivity contribution in [2.45, 2.75) is 60.4 Å². The van der Waals surface area contributed by atoms with Crippen LogP contribution in [0.4, 0.5) is 0 Å². The van der Waals surface area contributed by atoms with Gasteiger partial charge in [-0.2, -0.15) is 0 Å². The van der Waals surface area contributed by atoms with Gasteiger partial charge in [-0.25, -0.2) is 0 Å². The number of hydrogen-bond acceptors (Lipinski definition) is 3. The quantitative estimate of drug-likeness (QED) is 0.704. The van der Waals surface area contributed by atoms with E-state index in [1.165, 1.54) is 0 Å². The standard InChI is InChI=1S/C16H33N3O2/c1-8-19(9-2)11-10-17-13(20)14(21)18-16(6,7)12-15(3,4)5/h8-12H2,1-7H3,(H,17,20)(H,18,21). The predicted octanol–water partition coefficient (Wildman–Crippen LogP) is 1.78. The monoisotopic (exact) mass is 299 g/mol. The van der Waals surface area contributed by atoms with Gasteiger partial charge in [0, 0.05) is 18.6 Å². The minimum atomic E-state index is -0.552. The molecular formula is C16H33N3O2. The van der Waals surface area contributed by atoms with Crippen molar-refractivity contribution < 1.29 is 9.59 Å². The van der Waals surface area contributed by atoms with Gasteiger partial charge in [-0.3, -0.25) is 9.59 Å². The van der Waals surface area contributed by atoms with Crippen LogP contribution in [0.5, 0.6) is 0 Å². The summed E-state index contributed by atoms with van der Waals surface area (Å²) in [4.78, 5) is 25.9. The van der Waals surface area contributed by atoms with Crippen LogP contribution in [0.15, 0.2) is 0 Å². The summed E-state index contributed by atoms with van der Waals surface area (Å²) in [5.74, 6) is -1.10. The highest BCUT2D eigenvalue weighted by atomic mass is 16.2. The second kappa shape index (κ2) is 8.37. The molecule has 21 heavy (non-hydrogen) atoms. The SMILES string of the molecule is CCN(CC)CCNC(=O)C(=O)NC(C)(C)CC(C)(C)C. The van der Waals surface area contributed by atoms with Gasteiger partial charge in [0.05, 0.1) is 0 Å². The average Bonchev–Trinajstić information content (AvgIpc) is 2.30.